The molecule has 2 aliphatic heterocycles. The summed E-state index contributed by atoms with van der Waals surface area (Å²) in [4.78, 5) is 14.2. The molecule has 0 bridgehead atoms. The van der Waals surface area contributed by atoms with Crippen LogP contribution in [0.2, 0.25) is 0 Å². The normalized spacial score (nSPS) is 20.8. The van der Waals surface area contributed by atoms with E-state index in [-0.39, 0.29) is 11.0 Å². The zero-order valence-electron chi connectivity index (χ0n) is 12.6. The molecule has 21 heavy (non-hydrogen) atoms. The largest absolute Gasteiger partial charge is 0.363 e. The van der Waals surface area contributed by atoms with Crippen LogP contribution >= 0.6 is 11.8 Å². The minimum absolute atomic E-state index is 0.00361. The molecule has 2 fully saturated rings. The smallest absolute Gasteiger partial charge is 0.321 e. The van der Waals surface area contributed by atoms with Crippen LogP contribution in [0.25, 0.3) is 0 Å². The van der Waals surface area contributed by atoms with E-state index < -0.39 is 0 Å². The van der Waals surface area contributed by atoms with Crippen molar-refractivity contribution in [3.8, 4) is 0 Å². The summed E-state index contributed by atoms with van der Waals surface area (Å²) in [5.41, 5.74) is 3.30. The van der Waals surface area contributed by atoms with Gasteiger partial charge < -0.3 is 15.0 Å². The van der Waals surface area contributed by atoms with E-state index in [0.29, 0.717) is 0 Å². The van der Waals surface area contributed by atoms with Crippen molar-refractivity contribution in [2.24, 2.45) is 0 Å². The number of thioether (sulfide) groups is 1. The summed E-state index contributed by atoms with van der Waals surface area (Å²) in [7, 11) is 0. The third-order valence-corrected chi connectivity index (χ3v) is 5.81. The van der Waals surface area contributed by atoms with Gasteiger partial charge in [-0.05, 0) is 37.1 Å². The molecule has 0 radical (unpaired) electrons. The van der Waals surface area contributed by atoms with Crippen molar-refractivity contribution in [1.29, 1.82) is 0 Å². The number of carbonyl (C=O) groups is 1. The van der Waals surface area contributed by atoms with Crippen LogP contribution in [0.1, 0.15) is 24.0 Å². The number of aryl methyl sites for hydroxylation is 2. The fraction of sp³-hybridized carbons (Fsp3) is 0.562. The molecule has 0 aliphatic carbocycles. The Morgan fingerprint density at radius 3 is 2.67 bits per heavy atom. The van der Waals surface area contributed by atoms with Gasteiger partial charge in [-0.15, -0.1) is 11.8 Å². The molecule has 4 nitrogen and oxygen atoms in total. The summed E-state index contributed by atoms with van der Waals surface area (Å²) in [5.74, 6) is 1.08. The number of likely N-dealkylation sites (tertiary alicyclic amines) is 1. The molecule has 2 heterocycles. The highest BCUT2D eigenvalue weighted by molar-refractivity contribution is 8.00. The molecule has 2 amide bonds. The van der Waals surface area contributed by atoms with Crippen molar-refractivity contribution in [3.63, 3.8) is 0 Å². The third kappa shape index (κ3) is 3.19. The van der Waals surface area contributed by atoms with E-state index in [9.17, 15) is 4.79 Å². The predicted molar refractivity (Wildman–Crippen MR) is 86.9 cm³/mol. The number of nitrogens with zero attached hydrogens (tertiary/aromatic N) is 1. The quantitative estimate of drug-likeness (QED) is 0.864. The number of urea groups is 1. The second-order valence-corrected chi connectivity index (χ2v) is 7.26. The van der Waals surface area contributed by atoms with Gasteiger partial charge in [-0.2, -0.15) is 0 Å². The van der Waals surface area contributed by atoms with Crippen LogP contribution in [-0.2, 0) is 4.74 Å². The Kier molecular flexibility index (Phi) is 4.13. The van der Waals surface area contributed by atoms with E-state index >= 15 is 0 Å². The van der Waals surface area contributed by atoms with Crippen LogP contribution in [0.15, 0.2) is 18.2 Å². The van der Waals surface area contributed by atoms with Crippen LogP contribution in [0, 0.1) is 13.8 Å². The van der Waals surface area contributed by atoms with Gasteiger partial charge in [0.25, 0.3) is 0 Å². The zero-order chi connectivity index (χ0) is 14.9. The highest BCUT2D eigenvalue weighted by Crippen LogP contribution is 2.41. The van der Waals surface area contributed by atoms with Crippen molar-refractivity contribution >= 4 is 23.5 Å². The molecule has 3 rings (SSSR count). The molecule has 2 saturated heterocycles. The molecular weight excluding hydrogens is 284 g/mol. The fourth-order valence-electron chi connectivity index (χ4n) is 2.86. The molecule has 1 aromatic rings. The number of piperidine rings is 1. The van der Waals surface area contributed by atoms with Crippen molar-refractivity contribution in [2.45, 2.75) is 31.6 Å². The number of benzene rings is 1. The summed E-state index contributed by atoms with van der Waals surface area (Å²) >= 11 is 1.91. The molecule has 114 valence electrons. The Bertz CT molecular complexity index is 531. The Labute approximate surface area is 130 Å². The standard InChI is InChI=1S/C16H22N2O2S/c1-12-3-4-14(11-13(12)2)17-15(19)18-7-5-16(6-8-18)20-9-10-21-16/h3-4,11H,5-10H2,1-2H3,(H,17,19). The molecule has 1 aromatic carbocycles. The lowest BCUT2D eigenvalue weighted by atomic mass is 10.1. The second kappa shape index (κ2) is 5.89. The Balaban J connectivity index is 1.57. The Morgan fingerprint density at radius 1 is 1.29 bits per heavy atom. The topological polar surface area (TPSA) is 41.6 Å². The van der Waals surface area contributed by atoms with Gasteiger partial charge in [0, 0.05) is 37.4 Å². The average Bonchev–Trinajstić information content (AvgIpc) is 2.92. The van der Waals surface area contributed by atoms with Crippen molar-refractivity contribution in [3.05, 3.63) is 29.3 Å². The summed E-state index contributed by atoms with van der Waals surface area (Å²) in [6, 6.07) is 6.02. The summed E-state index contributed by atoms with van der Waals surface area (Å²) in [6.45, 7) is 6.52. The molecule has 2 aliphatic rings. The lowest BCUT2D eigenvalue weighted by molar-refractivity contribution is 0.0105. The molecule has 1 N–H and O–H groups in total. The van der Waals surface area contributed by atoms with Crippen LogP contribution in [0.4, 0.5) is 10.5 Å². The molecule has 0 unspecified atom stereocenters. The van der Waals surface area contributed by atoms with Crippen LogP contribution in [-0.4, -0.2) is 41.3 Å². The van der Waals surface area contributed by atoms with Gasteiger partial charge in [-0.25, -0.2) is 4.79 Å². The van der Waals surface area contributed by atoms with E-state index in [4.69, 9.17) is 4.74 Å². The van der Waals surface area contributed by atoms with Gasteiger partial charge in [0.15, 0.2) is 0 Å². The molecule has 0 saturated carbocycles. The van der Waals surface area contributed by atoms with Crippen LogP contribution < -0.4 is 5.32 Å². The van der Waals surface area contributed by atoms with Gasteiger partial charge >= 0.3 is 6.03 Å². The molecule has 0 aromatic heterocycles. The molecule has 1 spiro atoms. The highest BCUT2D eigenvalue weighted by Gasteiger charge is 2.40. The molecule has 0 atom stereocenters. The van der Waals surface area contributed by atoms with Crippen LogP contribution in [0.5, 0.6) is 0 Å². The van der Waals surface area contributed by atoms with E-state index in [1.165, 1.54) is 11.1 Å². The number of hydrogen-bond donors (Lipinski definition) is 1. The lowest BCUT2D eigenvalue weighted by Gasteiger charge is -2.37. The lowest BCUT2D eigenvalue weighted by Crippen LogP contribution is -2.46. The molecular formula is C16H22N2O2S. The number of hydrogen-bond acceptors (Lipinski definition) is 3. The first kappa shape index (κ1) is 14.7. The van der Waals surface area contributed by atoms with Gasteiger partial charge in [-0.1, -0.05) is 6.07 Å². The van der Waals surface area contributed by atoms with Crippen molar-refractivity contribution in [1.82, 2.24) is 4.90 Å². The third-order valence-electron chi connectivity index (χ3n) is 4.38. The van der Waals surface area contributed by atoms with Gasteiger partial charge in [0.05, 0.1) is 6.61 Å². The van der Waals surface area contributed by atoms with Gasteiger partial charge in [0.1, 0.15) is 4.93 Å². The summed E-state index contributed by atoms with van der Waals surface area (Å²) in [6.07, 6.45) is 1.86. The first-order valence-corrected chi connectivity index (χ1v) is 8.48. The number of ether oxygens (including phenoxy) is 1. The van der Waals surface area contributed by atoms with Crippen LogP contribution in [0.3, 0.4) is 0 Å². The monoisotopic (exact) mass is 306 g/mol. The first-order chi connectivity index (χ1) is 10.1. The van der Waals surface area contributed by atoms with E-state index in [1.807, 2.05) is 34.9 Å². The van der Waals surface area contributed by atoms with Crippen molar-refractivity contribution in [2.75, 3.05) is 30.8 Å². The second-order valence-electron chi connectivity index (χ2n) is 5.82. The van der Waals surface area contributed by atoms with Gasteiger partial charge in [0.2, 0.25) is 0 Å². The van der Waals surface area contributed by atoms with E-state index in [1.54, 1.807) is 0 Å². The maximum Gasteiger partial charge on any atom is 0.321 e. The predicted octanol–water partition coefficient (Wildman–Crippen LogP) is 3.39. The number of rotatable bonds is 1. The SMILES string of the molecule is Cc1ccc(NC(=O)N2CCC3(CC2)OCCS3)cc1C. The number of amides is 2. The number of anilines is 1. The fourth-order valence-corrected chi connectivity index (χ4v) is 4.03. The Morgan fingerprint density at radius 2 is 2.05 bits per heavy atom. The zero-order valence-corrected chi connectivity index (χ0v) is 13.5. The minimum atomic E-state index is -0.0166. The highest BCUT2D eigenvalue weighted by atomic mass is 32.2. The minimum Gasteiger partial charge on any atom is -0.363 e. The first-order valence-electron chi connectivity index (χ1n) is 7.49. The van der Waals surface area contributed by atoms with E-state index in [0.717, 1.165) is 44.0 Å². The summed E-state index contributed by atoms with van der Waals surface area (Å²) < 4.78 is 5.86. The summed E-state index contributed by atoms with van der Waals surface area (Å²) in [5, 5.41) is 3.00. The van der Waals surface area contributed by atoms with Crippen molar-refractivity contribution < 1.29 is 9.53 Å². The number of nitrogens with one attached hydrogen (secondary N) is 1. The molecule has 5 heteroatoms. The number of carbonyl (C=O) groups excluding carboxylic acids is 1. The van der Waals surface area contributed by atoms with E-state index in [2.05, 4.69) is 19.2 Å². The Hall–Kier alpha value is -1.20. The maximum atomic E-state index is 12.3. The maximum absolute atomic E-state index is 12.3. The van der Waals surface area contributed by atoms with Gasteiger partial charge in [-0.3, -0.25) is 0 Å². The average molecular weight is 306 g/mol.